The Morgan fingerprint density at radius 3 is 3.17 bits per heavy atom. The number of fused-ring (bicyclic) bond motifs is 2. The van der Waals surface area contributed by atoms with Crippen LogP contribution in [0.25, 0.3) is 10.9 Å². The largest absolute Gasteiger partial charge is 0.370 e. The Kier molecular flexibility index (Phi) is 4.21. The smallest absolute Gasteiger partial charge is 0.251 e. The number of aromatic nitrogens is 3. The Hall–Kier alpha value is -2.64. The predicted molar refractivity (Wildman–Crippen MR) is 113 cm³/mol. The van der Waals surface area contributed by atoms with Crippen LogP contribution in [-0.2, 0) is 11.2 Å². The molecule has 3 fully saturated rings. The number of rotatable bonds is 6. The first-order valence-electron chi connectivity index (χ1n) is 10.9. The van der Waals surface area contributed by atoms with Crippen LogP contribution in [0.15, 0.2) is 42.9 Å². The van der Waals surface area contributed by atoms with E-state index in [2.05, 4.69) is 25.2 Å². The van der Waals surface area contributed by atoms with Crippen molar-refractivity contribution in [2.24, 2.45) is 11.8 Å². The van der Waals surface area contributed by atoms with Crippen molar-refractivity contribution in [1.82, 2.24) is 25.2 Å². The number of carbonyl (C=O) groups is 1. The molecule has 3 N–H and O–H groups in total. The van der Waals surface area contributed by atoms with Gasteiger partial charge in [-0.1, -0.05) is 0 Å². The van der Waals surface area contributed by atoms with Crippen LogP contribution in [0.1, 0.15) is 29.0 Å². The number of nitrogens with one attached hydrogen (secondary N) is 3. The summed E-state index contributed by atoms with van der Waals surface area (Å²) in [6.07, 6.45) is 9.06. The van der Waals surface area contributed by atoms with Crippen LogP contribution in [0, 0.1) is 11.8 Å². The zero-order valence-electron chi connectivity index (χ0n) is 16.9. The lowest BCUT2D eigenvalue weighted by Crippen LogP contribution is -2.41. The third-order valence-corrected chi connectivity index (χ3v) is 7.39. The predicted octanol–water partition coefficient (Wildman–Crippen LogP) is 2.34. The van der Waals surface area contributed by atoms with Crippen molar-refractivity contribution in [2.45, 2.75) is 31.0 Å². The first-order valence-corrected chi connectivity index (χ1v) is 10.9. The van der Waals surface area contributed by atoms with Crippen LogP contribution >= 0.6 is 0 Å². The number of H-pyrrole nitrogens is 2. The zero-order valence-corrected chi connectivity index (χ0v) is 16.9. The van der Waals surface area contributed by atoms with E-state index in [1.807, 2.05) is 42.9 Å². The number of hydrogen-bond acceptors (Lipinski definition) is 4. The lowest BCUT2D eigenvalue weighted by Gasteiger charge is -2.29. The number of hydrogen-bond donors (Lipinski definition) is 3. The van der Waals surface area contributed by atoms with Crippen molar-refractivity contribution >= 4 is 16.8 Å². The summed E-state index contributed by atoms with van der Waals surface area (Å²) in [6, 6.07) is 7.80. The van der Waals surface area contributed by atoms with Gasteiger partial charge in [0.1, 0.15) is 5.82 Å². The first-order chi connectivity index (χ1) is 14.7. The highest BCUT2D eigenvalue weighted by molar-refractivity contribution is 5.98. The molecule has 3 saturated heterocycles. The summed E-state index contributed by atoms with van der Waals surface area (Å²) in [4.78, 5) is 26.0. The summed E-state index contributed by atoms with van der Waals surface area (Å²) >= 11 is 0. The van der Waals surface area contributed by atoms with Gasteiger partial charge in [0.25, 0.3) is 5.91 Å². The van der Waals surface area contributed by atoms with Gasteiger partial charge >= 0.3 is 0 Å². The van der Waals surface area contributed by atoms with Crippen molar-refractivity contribution in [3.63, 3.8) is 0 Å². The maximum absolute atomic E-state index is 12.8. The van der Waals surface area contributed by atoms with E-state index in [9.17, 15) is 4.79 Å². The number of amides is 1. The van der Waals surface area contributed by atoms with E-state index in [-0.39, 0.29) is 17.6 Å². The Bertz CT molecular complexity index is 1060. The molecule has 0 aliphatic carbocycles. The molecule has 156 valence electrons. The summed E-state index contributed by atoms with van der Waals surface area (Å²) in [5.74, 6) is 1.94. The summed E-state index contributed by atoms with van der Waals surface area (Å²) in [5, 5.41) is 4.26. The molecular weight excluding hydrogens is 378 g/mol. The van der Waals surface area contributed by atoms with Crippen LogP contribution < -0.4 is 5.32 Å². The quantitative estimate of drug-likeness (QED) is 0.588. The Morgan fingerprint density at radius 1 is 1.30 bits per heavy atom. The van der Waals surface area contributed by atoms with Gasteiger partial charge in [-0.05, 0) is 37.1 Å². The third kappa shape index (κ3) is 2.96. The van der Waals surface area contributed by atoms with Crippen LogP contribution in [-0.4, -0.2) is 63.6 Å². The van der Waals surface area contributed by atoms with E-state index in [1.54, 1.807) is 0 Å². The molecule has 0 unspecified atom stereocenters. The van der Waals surface area contributed by atoms with Gasteiger partial charge in [0.2, 0.25) is 0 Å². The maximum atomic E-state index is 12.8. The number of likely N-dealkylation sites (tertiary alicyclic amines) is 1. The number of carbonyl (C=O) groups excluding carboxylic acids is 1. The standard InChI is InChI=1S/C23H27N5O2/c29-22(16-1-2-19-15(11-16)4-7-24-19)27-12-17-18-13-28(10-5-21-25-8-9-26-21)14-23(18)6-3-20(17)30-23/h1-2,4,7-9,11,17-18,20,24H,3,5-6,10,12-14H2,(H,25,26)(H,27,29)/t17-,18+,20+,23+/m0/s1. The molecule has 1 aromatic carbocycles. The number of imidazole rings is 1. The molecule has 5 heterocycles. The lowest BCUT2D eigenvalue weighted by molar-refractivity contribution is 0.00282. The summed E-state index contributed by atoms with van der Waals surface area (Å²) in [5.41, 5.74) is 1.76. The lowest BCUT2D eigenvalue weighted by atomic mass is 9.73. The van der Waals surface area contributed by atoms with Gasteiger partial charge in [-0.2, -0.15) is 0 Å². The van der Waals surface area contributed by atoms with E-state index in [4.69, 9.17) is 4.74 Å². The molecular formula is C23H27N5O2. The van der Waals surface area contributed by atoms with Crippen molar-refractivity contribution in [3.8, 4) is 0 Å². The van der Waals surface area contributed by atoms with Crippen LogP contribution in [0.2, 0.25) is 0 Å². The molecule has 3 aromatic rings. The van der Waals surface area contributed by atoms with Crippen molar-refractivity contribution < 1.29 is 9.53 Å². The highest BCUT2D eigenvalue weighted by Crippen LogP contribution is 2.54. The molecule has 1 amide bonds. The second-order valence-electron chi connectivity index (χ2n) is 9.04. The van der Waals surface area contributed by atoms with Crippen molar-refractivity contribution in [3.05, 3.63) is 54.2 Å². The first kappa shape index (κ1) is 18.2. The van der Waals surface area contributed by atoms with Crippen LogP contribution in [0.5, 0.6) is 0 Å². The highest BCUT2D eigenvalue weighted by atomic mass is 16.5. The number of benzene rings is 1. The normalized spacial score (nSPS) is 30.2. The second kappa shape index (κ2) is 6.96. The average Bonchev–Trinajstić information content (AvgIpc) is 3.56. The molecule has 2 aromatic heterocycles. The van der Waals surface area contributed by atoms with Gasteiger partial charge in [0.05, 0.1) is 11.7 Å². The molecule has 0 radical (unpaired) electrons. The monoisotopic (exact) mass is 405 g/mol. The Morgan fingerprint density at radius 2 is 2.27 bits per heavy atom. The molecule has 7 nitrogen and oxygen atoms in total. The van der Waals surface area contributed by atoms with Gasteiger partial charge in [0.15, 0.2) is 0 Å². The average molecular weight is 406 g/mol. The highest BCUT2D eigenvalue weighted by Gasteiger charge is 2.62. The second-order valence-corrected chi connectivity index (χ2v) is 9.04. The van der Waals surface area contributed by atoms with Gasteiger partial charge < -0.3 is 20.0 Å². The van der Waals surface area contributed by atoms with E-state index in [0.29, 0.717) is 23.9 Å². The van der Waals surface area contributed by atoms with Crippen molar-refractivity contribution in [1.29, 1.82) is 0 Å². The maximum Gasteiger partial charge on any atom is 0.251 e. The summed E-state index contributed by atoms with van der Waals surface area (Å²) in [7, 11) is 0. The number of ether oxygens (including phenoxy) is 1. The zero-order chi connectivity index (χ0) is 20.1. The fourth-order valence-corrected chi connectivity index (χ4v) is 5.94. The summed E-state index contributed by atoms with van der Waals surface area (Å²) in [6.45, 7) is 3.74. The molecule has 1 spiro atoms. The molecule has 3 aliphatic rings. The molecule has 4 atom stereocenters. The Balaban J connectivity index is 1.10. The van der Waals surface area contributed by atoms with E-state index in [1.165, 1.54) is 0 Å². The number of aromatic amines is 2. The molecule has 7 heteroatoms. The fourth-order valence-electron chi connectivity index (χ4n) is 5.94. The molecule has 30 heavy (non-hydrogen) atoms. The van der Waals surface area contributed by atoms with Gasteiger partial charge in [0, 0.05) is 79.5 Å². The van der Waals surface area contributed by atoms with Crippen LogP contribution in [0.3, 0.4) is 0 Å². The molecule has 2 bridgehead atoms. The topological polar surface area (TPSA) is 86.0 Å². The molecule has 3 aliphatic heterocycles. The SMILES string of the molecule is O=C(NC[C@H]1[C@H]2CN(CCc3ncc[nH]3)C[C@]23CC[C@H]1O3)c1ccc2[nH]ccc2c1. The van der Waals surface area contributed by atoms with E-state index >= 15 is 0 Å². The van der Waals surface area contributed by atoms with Crippen molar-refractivity contribution in [2.75, 3.05) is 26.2 Å². The Labute approximate surface area is 175 Å². The van der Waals surface area contributed by atoms with E-state index in [0.717, 1.165) is 55.6 Å². The fraction of sp³-hybridized carbons (Fsp3) is 0.478. The number of nitrogens with zero attached hydrogens (tertiary/aromatic N) is 2. The van der Waals surface area contributed by atoms with Gasteiger partial charge in [-0.3, -0.25) is 9.69 Å². The van der Waals surface area contributed by atoms with E-state index < -0.39 is 0 Å². The summed E-state index contributed by atoms with van der Waals surface area (Å²) < 4.78 is 6.53. The minimum absolute atomic E-state index is 0.00240. The minimum atomic E-state index is -0.00669. The van der Waals surface area contributed by atoms with Gasteiger partial charge in [-0.25, -0.2) is 4.98 Å². The minimum Gasteiger partial charge on any atom is -0.370 e. The van der Waals surface area contributed by atoms with Crippen LogP contribution in [0.4, 0.5) is 0 Å². The third-order valence-electron chi connectivity index (χ3n) is 7.39. The molecule has 6 rings (SSSR count). The molecule has 0 saturated carbocycles. The van der Waals surface area contributed by atoms with Gasteiger partial charge in [-0.15, -0.1) is 0 Å².